The zero-order valence-electron chi connectivity index (χ0n) is 11.0. The maximum Gasteiger partial charge on any atom is 0.308 e. The van der Waals surface area contributed by atoms with Crippen molar-refractivity contribution < 1.29 is 19.5 Å². The lowest BCUT2D eigenvalue weighted by Gasteiger charge is -2.31. The van der Waals surface area contributed by atoms with Crippen molar-refractivity contribution in [3.05, 3.63) is 0 Å². The largest absolute Gasteiger partial charge is 0.481 e. The Labute approximate surface area is 112 Å². The quantitative estimate of drug-likeness (QED) is 0.779. The number of hydrogen-bond donors (Lipinski definition) is 1. The van der Waals surface area contributed by atoms with Crippen LogP contribution in [0.5, 0.6) is 0 Å². The molecule has 2 aliphatic heterocycles. The second-order valence-electron chi connectivity index (χ2n) is 5.25. The van der Waals surface area contributed by atoms with Crippen molar-refractivity contribution in [1.29, 1.82) is 0 Å². The van der Waals surface area contributed by atoms with Gasteiger partial charge in [0.05, 0.1) is 5.92 Å². The molecule has 2 fully saturated rings. The number of carboxylic acids is 1. The summed E-state index contributed by atoms with van der Waals surface area (Å²) in [4.78, 5) is 37.5. The van der Waals surface area contributed by atoms with Crippen LogP contribution in [0, 0.1) is 5.92 Å². The monoisotopic (exact) mass is 268 g/mol. The molecule has 0 saturated carbocycles. The summed E-state index contributed by atoms with van der Waals surface area (Å²) in [6.07, 6.45) is 3.03. The fourth-order valence-corrected chi connectivity index (χ4v) is 2.73. The predicted molar refractivity (Wildman–Crippen MR) is 67.4 cm³/mol. The van der Waals surface area contributed by atoms with E-state index in [0.29, 0.717) is 38.9 Å². The van der Waals surface area contributed by atoms with Gasteiger partial charge in [0.1, 0.15) is 0 Å². The smallest absolute Gasteiger partial charge is 0.308 e. The van der Waals surface area contributed by atoms with Crippen LogP contribution in [0.1, 0.15) is 32.1 Å². The minimum Gasteiger partial charge on any atom is -0.481 e. The minimum atomic E-state index is -0.827. The molecule has 1 N–H and O–H groups in total. The molecule has 0 aromatic carbocycles. The van der Waals surface area contributed by atoms with Gasteiger partial charge in [0, 0.05) is 39.0 Å². The number of nitrogens with zero attached hydrogens (tertiary/aromatic N) is 2. The summed E-state index contributed by atoms with van der Waals surface area (Å²) in [7, 11) is 0. The van der Waals surface area contributed by atoms with Crippen molar-refractivity contribution in [3.63, 3.8) is 0 Å². The summed E-state index contributed by atoms with van der Waals surface area (Å²) < 4.78 is 0. The zero-order valence-corrected chi connectivity index (χ0v) is 11.0. The molecule has 2 heterocycles. The Kier molecular flexibility index (Phi) is 4.39. The van der Waals surface area contributed by atoms with Gasteiger partial charge >= 0.3 is 5.97 Å². The molecule has 0 spiro atoms. The van der Waals surface area contributed by atoms with Crippen LogP contribution in [-0.2, 0) is 14.4 Å². The van der Waals surface area contributed by atoms with E-state index < -0.39 is 11.9 Å². The molecule has 2 amide bonds. The second kappa shape index (κ2) is 6.04. The van der Waals surface area contributed by atoms with Gasteiger partial charge in [-0.2, -0.15) is 0 Å². The topological polar surface area (TPSA) is 77.9 Å². The second-order valence-corrected chi connectivity index (χ2v) is 5.25. The van der Waals surface area contributed by atoms with Gasteiger partial charge in [0.2, 0.25) is 11.8 Å². The highest BCUT2D eigenvalue weighted by Gasteiger charge is 2.29. The summed E-state index contributed by atoms with van der Waals surface area (Å²) >= 11 is 0. The van der Waals surface area contributed by atoms with Crippen LogP contribution in [0.15, 0.2) is 0 Å². The molecule has 19 heavy (non-hydrogen) atoms. The fourth-order valence-electron chi connectivity index (χ4n) is 2.73. The van der Waals surface area contributed by atoms with Crippen LogP contribution in [0.4, 0.5) is 0 Å². The third-order valence-electron chi connectivity index (χ3n) is 3.88. The Balaban J connectivity index is 1.76. The number of piperidine rings is 1. The van der Waals surface area contributed by atoms with Gasteiger partial charge in [0.25, 0.3) is 0 Å². The van der Waals surface area contributed by atoms with Crippen molar-refractivity contribution in [2.75, 3.05) is 26.2 Å². The number of amides is 2. The summed E-state index contributed by atoms with van der Waals surface area (Å²) in [5, 5.41) is 8.98. The maximum atomic E-state index is 11.7. The average molecular weight is 268 g/mol. The van der Waals surface area contributed by atoms with Crippen molar-refractivity contribution in [2.24, 2.45) is 5.92 Å². The lowest BCUT2D eigenvalue weighted by molar-refractivity contribution is -0.147. The highest BCUT2D eigenvalue weighted by atomic mass is 16.4. The number of carbonyl (C=O) groups excluding carboxylic acids is 2. The van der Waals surface area contributed by atoms with Crippen molar-refractivity contribution in [3.8, 4) is 0 Å². The molecule has 1 unspecified atom stereocenters. The van der Waals surface area contributed by atoms with Gasteiger partial charge in [-0.1, -0.05) is 0 Å². The highest BCUT2D eigenvalue weighted by molar-refractivity contribution is 5.80. The number of likely N-dealkylation sites (tertiary alicyclic amines) is 2. The van der Waals surface area contributed by atoms with E-state index in [1.165, 1.54) is 0 Å². The van der Waals surface area contributed by atoms with Gasteiger partial charge in [-0.3, -0.25) is 14.4 Å². The van der Waals surface area contributed by atoms with Crippen LogP contribution in [0.3, 0.4) is 0 Å². The first-order valence-corrected chi connectivity index (χ1v) is 6.86. The van der Waals surface area contributed by atoms with Crippen LogP contribution < -0.4 is 0 Å². The summed E-state index contributed by atoms with van der Waals surface area (Å²) in [5.74, 6) is -1.04. The van der Waals surface area contributed by atoms with Crippen LogP contribution >= 0.6 is 0 Å². The van der Waals surface area contributed by atoms with Crippen LogP contribution in [0.25, 0.3) is 0 Å². The zero-order chi connectivity index (χ0) is 13.8. The van der Waals surface area contributed by atoms with Crippen LogP contribution in [-0.4, -0.2) is 58.9 Å². The number of carboxylic acid groups (broad SMARTS) is 1. The first-order chi connectivity index (χ1) is 9.08. The summed E-state index contributed by atoms with van der Waals surface area (Å²) in [5.41, 5.74) is 0. The third kappa shape index (κ3) is 3.45. The van der Waals surface area contributed by atoms with Gasteiger partial charge in [-0.15, -0.1) is 0 Å². The van der Waals surface area contributed by atoms with E-state index in [1.807, 2.05) is 4.90 Å². The van der Waals surface area contributed by atoms with E-state index in [4.69, 9.17) is 5.11 Å². The van der Waals surface area contributed by atoms with E-state index in [0.717, 1.165) is 19.4 Å². The van der Waals surface area contributed by atoms with Gasteiger partial charge in [0.15, 0.2) is 0 Å². The SMILES string of the molecule is O=C(O)C1CCC(=O)N(CCCN2CCCC2=O)C1. The van der Waals surface area contributed by atoms with E-state index in [9.17, 15) is 14.4 Å². The number of rotatable bonds is 5. The van der Waals surface area contributed by atoms with E-state index >= 15 is 0 Å². The molecule has 106 valence electrons. The molecule has 2 rings (SSSR count). The lowest BCUT2D eigenvalue weighted by Crippen LogP contribution is -2.43. The minimum absolute atomic E-state index is 0.0326. The Hall–Kier alpha value is -1.59. The standard InChI is InChI=1S/C13H20N2O4/c16-11-3-1-6-14(11)7-2-8-15-9-10(13(18)19)4-5-12(15)17/h10H,1-9H2,(H,18,19). The predicted octanol–water partition coefficient (Wildman–Crippen LogP) is 0.322. The van der Waals surface area contributed by atoms with Crippen LogP contribution in [0.2, 0.25) is 0 Å². The maximum absolute atomic E-state index is 11.7. The Morgan fingerprint density at radius 1 is 1.16 bits per heavy atom. The Morgan fingerprint density at radius 2 is 1.84 bits per heavy atom. The van der Waals surface area contributed by atoms with Gasteiger partial charge in [-0.05, 0) is 19.3 Å². The molecule has 0 aromatic heterocycles. The number of aliphatic carboxylic acids is 1. The number of hydrogen-bond acceptors (Lipinski definition) is 3. The van der Waals surface area contributed by atoms with E-state index in [-0.39, 0.29) is 11.8 Å². The molecule has 6 nitrogen and oxygen atoms in total. The van der Waals surface area contributed by atoms with Crippen molar-refractivity contribution >= 4 is 17.8 Å². The highest BCUT2D eigenvalue weighted by Crippen LogP contribution is 2.18. The molecular formula is C13H20N2O4. The van der Waals surface area contributed by atoms with E-state index in [2.05, 4.69) is 0 Å². The van der Waals surface area contributed by atoms with Crippen molar-refractivity contribution in [1.82, 2.24) is 9.80 Å². The van der Waals surface area contributed by atoms with Crippen molar-refractivity contribution in [2.45, 2.75) is 32.1 Å². The Bertz CT molecular complexity index is 383. The summed E-state index contributed by atoms with van der Waals surface area (Å²) in [6.45, 7) is 2.33. The molecular weight excluding hydrogens is 248 g/mol. The van der Waals surface area contributed by atoms with Gasteiger partial charge in [-0.25, -0.2) is 0 Å². The third-order valence-corrected chi connectivity index (χ3v) is 3.88. The fraction of sp³-hybridized carbons (Fsp3) is 0.769. The van der Waals surface area contributed by atoms with Gasteiger partial charge < -0.3 is 14.9 Å². The molecule has 0 bridgehead atoms. The normalized spacial score (nSPS) is 24.1. The molecule has 0 aromatic rings. The molecule has 1 atom stereocenters. The molecule has 0 radical (unpaired) electrons. The van der Waals surface area contributed by atoms with E-state index in [1.54, 1.807) is 4.90 Å². The lowest BCUT2D eigenvalue weighted by atomic mass is 9.97. The first kappa shape index (κ1) is 13.8. The molecule has 6 heteroatoms. The molecule has 2 aliphatic rings. The molecule has 0 aliphatic carbocycles. The Morgan fingerprint density at radius 3 is 2.47 bits per heavy atom. The summed E-state index contributed by atoms with van der Waals surface area (Å²) in [6, 6.07) is 0. The number of carbonyl (C=O) groups is 3. The molecule has 2 saturated heterocycles. The average Bonchev–Trinajstić information content (AvgIpc) is 2.77. The first-order valence-electron chi connectivity index (χ1n) is 6.86.